The molecule has 7 heteroatoms. The maximum Gasteiger partial charge on any atom is 0.321 e. The van der Waals surface area contributed by atoms with Crippen LogP contribution in [0.3, 0.4) is 0 Å². The average molecular weight is 345 g/mol. The molecule has 0 spiro atoms. The van der Waals surface area contributed by atoms with Crippen molar-refractivity contribution in [2.45, 2.75) is 6.42 Å². The highest BCUT2D eigenvalue weighted by molar-refractivity contribution is 7.22. The van der Waals surface area contributed by atoms with Gasteiger partial charge in [0.2, 0.25) is 0 Å². The molecule has 0 bridgehead atoms. The molecule has 24 heavy (non-hydrogen) atoms. The van der Waals surface area contributed by atoms with Crippen LogP contribution < -0.4 is 15.4 Å². The van der Waals surface area contributed by atoms with Gasteiger partial charge in [-0.2, -0.15) is 0 Å². The van der Waals surface area contributed by atoms with Crippen LogP contribution >= 0.6 is 11.3 Å². The molecule has 0 aliphatic rings. The second-order valence-electron chi connectivity index (χ2n) is 5.08. The number of benzene rings is 2. The van der Waals surface area contributed by atoms with E-state index in [2.05, 4.69) is 15.6 Å². The highest BCUT2D eigenvalue weighted by Gasteiger charge is 2.10. The van der Waals surface area contributed by atoms with Crippen molar-refractivity contribution in [2.24, 2.45) is 0 Å². The lowest BCUT2D eigenvalue weighted by Crippen LogP contribution is -2.30. The number of anilines is 1. The number of ether oxygens (including phenoxy) is 1. The van der Waals surface area contributed by atoms with Crippen LogP contribution in [0.5, 0.6) is 5.75 Å². The number of carbonyl (C=O) groups excluding carboxylic acids is 1. The van der Waals surface area contributed by atoms with E-state index in [1.165, 1.54) is 17.4 Å². The maximum atomic E-state index is 13.6. The molecule has 124 valence electrons. The molecule has 3 aromatic rings. The predicted molar refractivity (Wildman–Crippen MR) is 93.3 cm³/mol. The second kappa shape index (κ2) is 7.27. The predicted octanol–water partition coefficient (Wildman–Crippen LogP) is 3.81. The van der Waals surface area contributed by atoms with E-state index in [9.17, 15) is 9.18 Å². The normalized spacial score (nSPS) is 10.6. The van der Waals surface area contributed by atoms with E-state index in [1.807, 2.05) is 24.3 Å². The summed E-state index contributed by atoms with van der Waals surface area (Å²) in [6.45, 7) is 0.484. The van der Waals surface area contributed by atoms with E-state index in [4.69, 9.17) is 4.74 Å². The summed E-state index contributed by atoms with van der Waals surface area (Å²) in [4.78, 5) is 16.0. The first-order valence-electron chi connectivity index (χ1n) is 7.38. The summed E-state index contributed by atoms with van der Waals surface area (Å²) in [5.41, 5.74) is 1.37. The molecule has 0 saturated carbocycles. The molecule has 2 amide bonds. The fourth-order valence-corrected chi connectivity index (χ4v) is 3.10. The van der Waals surface area contributed by atoms with Gasteiger partial charge in [0.15, 0.2) is 5.13 Å². The molecule has 0 unspecified atom stereocenters. The molecule has 2 N–H and O–H groups in total. The summed E-state index contributed by atoms with van der Waals surface area (Å²) in [6.07, 6.45) is 0.700. The number of thiazole rings is 1. The van der Waals surface area contributed by atoms with Crippen molar-refractivity contribution in [2.75, 3.05) is 19.0 Å². The molecule has 0 radical (unpaired) electrons. The smallest absolute Gasteiger partial charge is 0.321 e. The zero-order valence-electron chi connectivity index (χ0n) is 13.0. The monoisotopic (exact) mass is 345 g/mol. The van der Waals surface area contributed by atoms with Gasteiger partial charge in [-0.05, 0) is 36.2 Å². The van der Waals surface area contributed by atoms with Gasteiger partial charge >= 0.3 is 6.03 Å². The SMILES string of the molecule is COc1ccc(CCNC(=O)Nc2nc3c(F)cccc3s2)cc1. The lowest BCUT2D eigenvalue weighted by molar-refractivity contribution is 0.252. The molecule has 5 nitrogen and oxygen atoms in total. The van der Waals surface area contributed by atoms with Crippen molar-refractivity contribution >= 4 is 32.7 Å². The van der Waals surface area contributed by atoms with Crippen molar-refractivity contribution in [3.63, 3.8) is 0 Å². The maximum absolute atomic E-state index is 13.6. The molecule has 0 aliphatic heterocycles. The standard InChI is InChI=1S/C17H16FN3O2S/c1-23-12-7-5-11(6-8-12)9-10-19-16(22)21-17-20-15-13(18)3-2-4-14(15)24-17/h2-8H,9-10H2,1H3,(H2,19,20,21,22). The molecule has 2 aromatic carbocycles. The average Bonchev–Trinajstić information content (AvgIpc) is 2.99. The van der Waals surface area contributed by atoms with E-state index < -0.39 is 5.82 Å². The van der Waals surface area contributed by atoms with Crippen molar-refractivity contribution in [3.8, 4) is 5.75 Å². The Hall–Kier alpha value is -2.67. The summed E-state index contributed by atoms with van der Waals surface area (Å²) in [6, 6.07) is 12.0. The Bertz CT molecular complexity index is 849. The van der Waals surface area contributed by atoms with Crippen molar-refractivity contribution < 1.29 is 13.9 Å². The molecule has 0 atom stereocenters. The van der Waals surface area contributed by atoms with Crippen LogP contribution in [0.2, 0.25) is 0 Å². The van der Waals surface area contributed by atoms with Gasteiger partial charge in [0.1, 0.15) is 17.1 Å². The van der Waals surface area contributed by atoms with Gasteiger partial charge in [-0.15, -0.1) is 0 Å². The lowest BCUT2D eigenvalue weighted by atomic mass is 10.1. The first-order valence-corrected chi connectivity index (χ1v) is 8.20. The molecule has 0 saturated heterocycles. The molecule has 0 aliphatic carbocycles. The van der Waals surface area contributed by atoms with Crippen LogP contribution in [-0.4, -0.2) is 24.7 Å². The van der Waals surface area contributed by atoms with E-state index in [1.54, 1.807) is 19.2 Å². The number of hydrogen-bond acceptors (Lipinski definition) is 4. The van der Waals surface area contributed by atoms with Crippen molar-refractivity contribution in [1.82, 2.24) is 10.3 Å². The van der Waals surface area contributed by atoms with Crippen LogP contribution in [0.15, 0.2) is 42.5 Å². The fourth-order valence-electron chi connectivity index (χ4n) is 2.22. The van der Waals surface area contributed by atoms with Crippen molar-refractivity contribution in [3.05, 3.63) is 53.8 Å². The molecular weight excluding hydrogens is 329 g/mol. The third-order valence-electron chi connectivity index (χ3n) is 3.45. The number of para-hydroxylation sites is 1. The topological polar surface area (TPSA) is 63.2 Å². The summed E-state index contributed by atoms with van der Waals surface area (Å²) in [5, 5.41) is 5.76. The Morgan fingerprint density at radius 1 is 1.25 bits per heavy atom. The summed E-state index contributed by atoms with van der Waals surface area (Å²) >= 11 is 1.24. The first kappa shape index (κ1) is 16.2. The number of fused-ring (bicyclic) bond motifs is 1. The number of rotatable bonds is 5. The van der Waals surface area contributed by atoms with E-state index >= 15 is 0 Å². The molecular formula is C17H16FN3O2S. The number of aromatic nitrogens is 1. The second-order valence-corrected chi connectivity index (χ2v) is 6.12. The highest BCUT2D eigenvalue weighted by Crippen LogP contribution is 2.27. The highest BCUT2D eigenvalue weighted by atomic mass is 32.1. The quantitative estimate of drug-likeness (QED) is 0.739. The third kappa shape index (κ3) is 3.80. The zero-order valence-corrected chi connectivity index (χ0v) is 13.8. The first-order chi connectivity index (χ1) is 11.7. The number of methoxy groups -OCH3 is 1. The van der Waals surface area contributed by atoms with E-state index in [0.29, 0.717) is 22.8 Å². The Balaban J connectivity index is 1.52. The van der Waals surface area contributed by atoms with Gasteiger partial charge in [0.25, 0.3) is 0 Å². The number of carbonyl (C=O) groups is 1. The van der Waals surface area contributed by atoms with Crippen molar-refractivity contribution in [1.29, 1.82) is 0 Å². The van der Waals surface area contributed by atoms with Crippen LogP contribution in [-0.2, 0) is 6.42 Å². The fraction of sp³-hybridized carbons (Fsp3) is 0.176. The Morgan fingerprint density at radius 2 is 2.04 bits per heavy atom. The number of nitrogens with one attached hydrogen (secondary N) is 2. The molecule has 0 fully saturated rings. The minimum Gasteiger partial charge on any atom is -0.497 e. The van der Waals surface area contributed by atoms with Gasteiger partial charge in [-0.1, -0.05) is 29.5 Å². The van der Waals surface area contributed by atoms with Gasteiger partial charge in [0, 0.05) is 6.54 Å². The van der Waals surface area contributed by atoms with Gasteiger partial charge in [0.05, 0.1) is 11.8 Å². The minimum atomic E-state index is -0.392. The number of urea groups is 1. The molecule has 3 rings (SSSR count). The molecule has 1 aromatic heterocycles. The van der Waals surface area contributed by atoms with Gasteiger partial charge in [-0.3, -0.25) is 5.32 Å². The van der Waals surface area contributed by atoms with E-state index in [0.717, 1.165) is 11.3 Å². The summed E-state index contributed by atoms with van der Waals surface area (Å²) < 4.78 is 19.4. The number of amides is 2. The summed E-state index contributed by atoms with van der Waals surface area (Å²) in [7, 11) is 1.62. The Kier molecular flexibility index (Phi) is 4.90. The summed E-state index contributed by atoms with van der Waals surface area (Å²) in [5.74, 6) is 0.407. The van der Waals surface area contributed by atoms with E-state index in [-0.39, 0.29) is 11.5 Å². The Morgan fingerprint density at radius 3 is 2.75 bits per heavy atom. The number of halogens is 1. The van der Waals surface area contributed by atoms with Crippen LogP contribution in [0, 0.1) is 5.82 Å². The Labute approximate surface area is 142 Å². The minimum absolute atomic E-state index is 0.274. The molecule has 1 heterocycles. The third-order valence-corrected chi connectivity index (χ3v) is 4.38. The van der Waals surface area contributed by atoms with Crippen LogP contribution in [0.4, 0.5) is 14.3 Å². The lowest BCUT2D eigenvalue weighted by Gasteiger charge is -2.06. The number of hydrogen-bond donors (Lipinski definition) is 2. The van der Waals surface area contributed by atoms with Crippen LogP contribution in [0.1, 0.15) is 5.56 Å². The largest absolute Gasteiger partial charge is 0.497 e. The zero-order chi connectivity index (χ0) is 16.9. The number of nitrogens with zero attached hydrogens (tertiary/aromatic N) is 1. The van der Waals surface area contributed by atoms with Gasteiger partial charge < -0.3 is 10.1 Å². The van der Waals surface area contributed by atoms with Gasteiger partial charge in [-0.25, -0.2) is 14.2 Å². The van der Waals surface area contributed by atoms with Crippen LogP contribution in [0.25, 0.3) is 10.2 Å².